The molecule has 3 aromatic rings. The Kier molecular flexibility index (Phi) is 5.09. The van der Waals surface area contributed by atoms with Gasteiger partial charge in [-0.15, -0.1) is 0 Å². The number of pyridine rings is 1. The molecule has 152 valence electrons. The molecule has 0 bridgehead atoms. The van der Waals surface area contributed by atoms with Gasteiger partial charge in [-0.3, -0.25) is 4.79 Å². The number of halogens is 1. The average molecular weight is 420 g/mol. The molecule has 30 heavy (non-hydrogen) atoms. The number of Topliss-reactive ketones (excluding diaryl/α,β-unsaturated/α-hetero) is 1. The van der Waals surface area contributed by atoms with Crippen LogP contribution in [-0.4, -0.2) is 46.9 Å². The maximum Gasteiger partial charge on any atom is 0.225 e. The van der Waals surface area contributed by atoms with E-state index in [0.29, 0.717) is 23.0 Å². The first-order chi connectivity index (χ1) is 14.7. The lowest BCUT2D eigenvalue weighted by Crippen LogP contribution is -2.47. The third-order valence-electron chi connectivity index (χ3n) is 5.90. The number of hydrogen-bond donors (Lipinski definition) is 0. The molecule has 2 aromatic heterocycles. The molecule has 0 amide bonds. The minimum Gasteiger partial charge on any atom is -0.353 e. The van der Waals surface area contributed by atoms with Gasteiger partial charge in [0.2, 0.25) is 5.95 Å². The topological polar surface area (TPSA) is 62.2 Å². The van der Waals surface area contributed by atoms with Gasteiger partial charge in [0.15, 0.2) is 5.78 Å². The molecule has 1 aliphatic heterocycles. The Balaban J connectivity index is 1.32. The van der Waals surface area contributed by atoms with Crippen molar-refractivity contribution >= 4 is 29.2 Å². The minimum atomic E-state index is 0.114. The molecule has 1 aliphatic carbocycles. The summed E-state index contributed by atoms with van der Waals surface area (Å²) in [5.74, 6) is 1.95. The van der Waals surface area contributed by atoms with E-state index in [2.05, 4.69) is 19.8 Å². The van der Waals surface area contributed by atoms with E-state index in [4.69, 9.17) is 16.6 Å². The summed E-state index contributed by atoms with van der Waals surface area (Å²) in [6.45, 7) is 3.38. The van der Waals surface area contributed by atoms with Crippen molar-refractivity contribution in [2.75, 3.05) is 36.0 Å². The molecular formula is C23H22ClN5O. The van der Waals surface area contributed by atoms with Crippen LogP contribution >= 0.6 is 11.6 Å². The first kappa shape index (κ1) is 19.0. The lowest BCUT2D eigenvalue weighted by molar-refractivity contribution is 0.0962. The quantitative estimate of drug-likeness (QED) is 0.644. The fourth-order valence-electron chi connectivity index (χ4n) is 4.23. The first-order valence-corrected chi connectivity index (χ1v) is 10.6. The first-order valence-electron chi connectivity index (χ1n) is 10.2. The summed E-state index contributed by atoms with van der Waals surface area (Å²) < 4.78 is 0. The lowest BCUT2D eigenvalue weighted by Gasteiger charge is -2.35. The zero-order valence-corrected chi connectivity index (χ0v) is 17.3. The Morgan fingerprint density at radius 1 is 0.900 bits per heavy atom. The Labute approximate surface area is 180 Å². The highest BCUT2D eigenvalue weighted by Gasteiger charge is 2.29. The largest absolute Gasteiger partial charge is 0.353 e. The van der Waals surface area contributed by atoms with E-state index in [0.717, 1.165) is 49.7 Å². The number of benzene rings is 1. The van der Waals surface area contributed by atoms with Gasteiger partial charge in [-0.05, 0) is 42.2 Å². The van der Waals surface area contributed by atoms with Crippen LogP contribution in [0, 0.1) is 0 Å². The predicted octanol–water partition coefficient (Wildman–Crippen LogP) is 3.76. The number of carbonyl (C=O) groups is 1. The van der Waals surface area contributed by atoms with Gasteiger partial charge < -0.3 is 9.80 Å². The second-order valence-corrected chi connectivity index (χ2v) is 8.21. The lowest BCUT2D eigenvalue weighted by atomic mass is 9.82. The van der Waals surface area contributed by atoms with Crippen LogP contribution in [0.3, 0.4) is 0 Å². The molecule has 1 saturated heterocycles. The van der Waals surface area contributed by atoms with Crippen molar-refractivity contribution in [1.82, 2.24) is 15.0 Å². The standard InChI is InChI=1S/C23H22ClN5O/c24-18-6-4-16(5-7-18)17-13-20-19(21(30)14-17)15-26-23(27-20)29-11-9-28(10-12-29)22-3-1-2-8-25-22/h1-8,15,17H,9-14H2/t17-/m1/s1. The Morgan fingerprint density at radius 2 is 1.67 bits per heavy atom. The van der Waals surface area contributed by atoms with Crippen molar-refractivity contribution in [3.8, 4) is 0 Å². The van der Waals surface area contributed by atoms with Crippen LogP contribution in [0.4, 0.5) is 11.8 Å². The van der Waals surface area contributed by atoms with Crippen LogP contribution in [0.5, 0.6) is 0 Å². The molecule has 0 N–H and O–H groups in total. The third-order valence-corrected chi connectivity index (χ3v) is 6.16. The van der Waals surface area contributed by atoms with E-state index in [1.807, 2.05) is 48.7 Å². The third kappa shape index (κ3) is 3.75. The summed E-state index contributed by atoms with van der Waals surface area (Å²) in [7, 11) is 0. The molecular weight excluding hydrogens is 398 g/mol. The van der Waals surface area contributed by atoms with Gasteiger partial charge in [-0.25, -0.2) is 15.0 Å². The van der Waals surface area contributed by atoms with Gasteiger partial charge in [0.05, 0.1) is 11.3 Å². The number of aromatic nitrogens is 3. The van der Waals surface area contributed by atoms with Crippen LogP contribution in [0.1, 0.15) is 34.0 Å². The predicted molar refractivity (Wildman–Crippen MR) is 118 cm³/mol. The van der Waals surface area contributed by atoms with Crippen molar-refractivity contribution in [3.63, 3.8) is 0 Å². The highest BCUT2D eigenvalue weighted by molar-refractivity contribution is 6.30. The van der Waals surface area contributed by atoms with Crippen molar-refractivity contribution in [2.24, 2.45) is 0 Å². The summed E-state index contributed by atoms with van der Waals surface area (Å²) in [5.41, 5.74) is 2.64. The van der Waals surface area contributed by atoms with E-state index in [1.165, 1.54) is 0 Å². The zero-order chi connectivity index (χ0) is 20.5. The summed E-state index contributed by atoms with van der Waals surface area (Å²) in [5, 5.41) is 0.704. The van der Waals surface area contributed by atoms with Crippen molar-refractivity contribution in [1.29, 1.82) is 0 Å². The Morgan fingerprint density at radius 3 is 2.40 bits per heavy atom. The fourth-order valence-corrected chi connectivity index (χ4v) is 4.36. The molecule has 5 rings (SSSR count). The summed E-state index contributed by atoms with van der Waals surface area (Å²) >= 11 is 6.02. The Hall–Kier alpha value is -2.99. The molecule has 2 aliphatic rings. The van der Waals surface area contributed by atoms with Crippen molar-refractivity contribution in [2.45, 2.75) is 18.8 Å². The molecule has 0 unspecified atom stereocenters. The van der Waals surface area contributed by atoms with Gasteiger partial charge >= 0.3 is 0 Å². The zero-order valence-electron chi connectivity index (χ0n) is 16.5. The van der Waals surface area contributed by atoms with Crippen LogP contribution in [0.15, 0.2) is 54.9 Å². The summed E-state index contributed by atoms with van der Waals surface area (Å²) in [4.78, 5) is 30.9. The van der Waals surface area contributed by atoms with Crippen molar-refractivity contribution < 1.29 is 4.79 Å². The second-order valence-electron chi connectivity index (χ2n) is 7.77. The van der Waals surface area contributed by atoms with E-state index >= 15 is 0 Å². The number of rotatable bonds is 3. The number of carbonyl (C=O) groups excluding carboxylic acids is 1. The van der Waals surface area contributed by atoms with Gasteiger partial charge in [0.25, 0.3) is 0 Å². The smallest absolute Gasteiger partial charge is 0.225 e. The molecule has 1 aromatic carbocycles. The average Bonchev–Trinajstić information content (AvgIpc) is 2.80. The number of ketones is 1. The SMILES string of the molecule is O=C1C[C@H](c2ccc(Cl)cc2)Cc2nc(N3CCN(c4ccccn4)CC3)ncc21. The van der Waals surface area contributed by atoms with Crippen LogP contribution in [-0.2, 0) is 6.42 Å². The Bertz CT molecular complexity index is 1050. The number of anilines is 2. The summed E-state index contributed by atoms with van der Waals surface area (Å²) in [6.07, 6.45) is 4.76. The van der Waals surface area contributed by atoms with Gasteiger partial charge in [0, 0.05) is 50.0 Å². The van der Waals surface area contributed by atoms with Gasteiger partial charge in [-0.1, -0.05) is 29.8 Å². The number of hydrogen-bond acceptors (Lipinski definition) is 6. The monoisotopic (exact) mass is 419 g/mol. The maximum atomic E-state index is 12.7. The minimum absolute atomic E-state index is 0.114. The fraction of sp³-hybridized carbons (Fsp3) is 0.304. The highest BCUT2D eigenvalue weighted by Crippen LogP contribution is 2.33. The molecule has 0 saturated carbocycles. The second kappa shape index (κ2) is 8.03. The molecule has 1 atom stereocenters. The van der Waals surface area contributed by atoms with Gasteiger partial charge in [-0.2, -0.15) is 0 Å². The van der Waals surface area contributed by atoms with Crippen LogP contribution in [0.25, 0.3) is 0 Å². The number of nitrogens with zero attached hydrogens (tertiary/aromatic N) is 5. The molecule has 0 spiro atoms. The van der Waals surface area contributed by atoms with Crippen LogP contribution in [0.2, 0.25) is 5.02 Å². The molecule has 6 nitrogen and oxygen atoms in total. The highest BCUT2D eigenvalue weighted by atomic mass is 35.5. The molecule has 7 heteroatoms. The summed E-state index contributed by atoms with van der Waals surface area (Å²) in [6, 6.07) is 13.7. The number of piperazine rings is 1. The molecule has 1 fully saturated rings. The normalized spacial score (nSPS) is 19.0. The van der Waals surface area contributed by atoms with E-state index in [-0.39, 0.29) is 11.7 Å². The van der Waals surface area contributed by atoms with Crippen LogP contribution < -0.4 is 9.80 Å². The maximum absolute atomic E-state index is 12.7. The molecule has 3 heterocycles. The number of fused-ring (bicyclic) bond motifs is 1. The molecule has 0 radical (unpaired) electrons. The van der Waals surface area contributed by atoms with E-state index in [9.17, 15) is 4.79 Å². The van der Waals surface area contributed by atoms with Crippen molar-refractivity contribution in [3.05, 3.63) is 76.7 Å². The van der Waals surface area contributed by atoms with E-state index < -0.39 is 0 Å². The van der Waals surface area contributed by atoms with E-state index in [1.54, 1.807) is 6.20 Å². The van der Waals surface area contributed by atoms with Gasteiger partial charge in [0.1, 0.15) is 5.82 Å².